The molecule has 220 valence electrons. The number of amides is 2. The third kappa shape index (κ3) is 6.68. The third-order valence-electron chi connectivity index (χ3n) is 7.81. The Bertz CT molecular complexity index is 1520. The summed E-state index contributed by atoms with van der Waals surface area (Å²) in [7, 11) is 0. The number of carbonyl (C=O) groups excluding carboxylic acids is 2. The summed E-state index contributed by atoms with van der Waals surface area (Å²) in [4.78, 5) is 33.0. The van der Waals surface area contributed by atoms with Crippen LogP contribution < -0.4 is 16.0 Å². The fraction of sp³-hybridized carbons (Fsp3) is 0.375. The van der Waals surface area contributed by atoms with Gasteiger partial charge in [0.25, 0.3) is 5.91 Å². The summed E-state index contributed by atoms with van der Waals surface area (Å²) in [5, 5.41) is 14.4. The van der Waals surface area contributed by atoms with Gasteiger partial charge in [0.2, 0.25) is 5.91 Å². The van der Waals surface area contributed by atoms with Crippen LogP contribution in [0.1, 0.15) is 59.6 Å². The van der Waals surface area contributed by atoms with E-state index in [0.717, 1.165) is 35.5 Å². The molecule has 10 heteroatoms. The number of halogens is 1. The van der Waals surface area contributed by atoms with Gasteiger partial charge in [-0.1, -0.05) is 35.0 Å². The van der Waals surface area contributed by atoms with E-state index in [-0.39, 0.29) is 23.9 Å². The van der Waals surface area contributed by atoms with Crippen LogP contribution in [0.2, 0.25) is 0 Å². The lowest BCUT2D eigenvalue weighted by Crippen LogP contribution is -2.41. The number of fused-ring (bicyclic) bond motifs is 4. The molecule has 2 aromatic carbocycles. The first-order valence-corrected chi connectivity index (χ1v) is 14.8. The predicted octanol–water partition coefficient (Wildman–Crippen LogP) is 6.29. The van der Waals surface area contributed by atoms with Crippen molar-refractivity contribution in [3.05, 3.63) is 81.7 Å². The molecule has 2 aliphatic rings. The van der Waals surface area contributed by atoms with Gasteiger partial charge in [-0.3, -0.25) is 9.59 Å². The first kappa shape index (κ1) is 29.4. The molecule has 1 aromatic heterocycles. The molecule has 2 aliphatic heterocycles. The average Bonchev–Trinajstić information content (AvgIpc) is 3.33. The first-order valence-electron chi connectivity index (χ1n) is 14.4. The highest BCUT2D eigenvalue weighted by molar-refractivity contribution is 6.45. The van der Waals surface area contributed by atoms with Crippen LogP contribution >= 0.6 is 11.6 Å². The summed E-state index contributed by atoms with van der Waals surface area (Å²) >= 11 is 6.52. The van der Waals surface area contributed by atoms with E-state index in [4.69, 9.17) is 21.1 Å². The van der Waals surface area contributed by atoms with Crippen LogP contribution in [0.4, 0.5) is 17.1 Å². The highest BCUT2D eigenvalue weighted by Gasteiger charge is 2.30. The molecule has 9 nitrogen and oxygen atoms in total. The van der Waals surface area contributed by atoms with Crippen molar-refractivity contribution in [2.75, 3.05) is 29.0 Å². The van der Waals surface area contributed by atoms with Gasteiger partial charge in [-0.2, -0.15) is 0 Å². The molecule has 0 aliphatic carbocycles. The maximum atomic E-state index is 13.4. The smallest absolute Gasteiger partial charge is 0.259 e. The maximum Gasteiger partial charge on any atom is 0.259 e. The van der Waals surface area contributed by atoms with E-state index in [1.165, 1.54) is 5.56 Å². The summed E-state index contributed by atoms with van der Waals surface area (Å²) in [5.74, 6) is 0.783. The van der Waals surface area contributed by atoms with Gasteiger partial charge in [0.05, 0.1) is 10.7 Å². The number of piperidine rings is 1. The molecule has 2 amide bonds. The van der Waals surface area contributed by atoms with Crippen molar-refractivity contribution in [3.63, 3.8) is 0 Å². The quantitative estimate of drug-likeness (QED) is 0.330. The Morgan fingerprint density at radius 3 is 2.60 bits per heavy atom. The Kier molecular flexibility index (Phi) is 8.97. The summed E-state index contributed by atoms with van der Waals surface area (Å²) in [5.41, 5.74) is 5.92. The number of aryl methyl sites for hydroxylation is 4. The van der Waals surface area contributed by atoms with Crippen LogP contribution in [0.25, 0.3) is 0 Å². The highest BCUT2D eigenvalue weighted by Crippen LogP contribution is 2.28. The van der Waals surface area contributed by atoms with Crippen molar-refractivity contribution in [3.8, 4) is 0 Å². The summed E-state index contributed by atoms with van der Waals surface area (Å²) < 4.78 is 5.17. The number of likely N-dealkylation sites (tertiary alicyclic amines) is 1. The Morgan fingerprint density at radius 2 is 1.88 bits per heavy atom. The zero-order chi connectivity index (χ0) is 29.8. The van der Waals surface area contributed by atoms with Crippen molar-refractivity contribution in [2.45, 2.75) is 59.5 Å². The van der Waals surface area contributed by atoms with Crippen LogP contribution in [-0.2, 0) is 17.6 Å². The molecule has 0 saturated carbocycles. The number of rotatable bonds is 4. The summed E-state index contributed by atoms with van der Waals surface area (Å²) in [6.07, 6.45) is 4.33. The lowest BCUT2D eigenvalue weighted by Gasteiger charge is -2.31. The Morgan fingerprint density at radius 1 is 1.10 bits per heavy atom. The topological polar surface area (TPSA) is 112 Å². The van der Waals surface area contributed by atoms with Crippen LogP contribution in [0, 0.1) is 19.8 Å². The highest BCUT2D eigenvalue weighted by atomic mass is 35.5. The number of hydrogen-bond acceptors (Lipinski definition) is 7. The Labute approximate surface area is 251 Å². The minimum absolute atomic E-state index is 0.0291. The van der Waals surface area contributed by atoms with Crippen LogP contribution in [0.15, 0.2) is 63.1 Å². The van der Waals surface area contributed by atoms with Crippen molar-refractivity contribution in [2.24, 2.45) is 10.9 Å². The first-order chi connectivity index (χ1) is 20.2. The van der Waals surface area contributed by atoms with Gasteiger partial charge in [0.15, 0.2) is 0 Å². The van der Waals surface area contributed by atoms with E-state index < -0.39 is 0 Å². The second-order valence-electron chi connectivity index (χ2n) is 10.9. The molecule has 1 fully saturated rings. The number of nitrogens with one attached hydrogen (secondary N) is 3. The number of aromatic nitrogens is 1. The van der Waals surface area contributed by atoms with Gasteiger partial charge in [-0.15, -0.1) is 0 Å². The molecule has 1 unspecified atom stereocenters. The fourth-order valence-corrected chi connectivity index (χ4v) is 5.61. The normalized spacial score (nSPS) is 19.3. The molecule has 1 saturated heterocycles. The number of anilines is 3. The van der Waals surface area contributed by atoms with Gasteiger partial charge >= 0.3 is 0 Å². The fourth-order valence-electron chi connectivity index (χ4n) is 5.52. The van der Waals surface area contributed by atoms with E-state index in [1.54, 1.807) is 18.7 Å². The van der Waals surface area contributed by atoms with E-state index in [9.17, 15) is 9.59 Å². The molecule has 5 rings (SSSR count). The van der Waals surface area contributed by atoms with Crippen molar-refractivity contribution in [1.29, 1.82) is 0 Å². The average molecular weight is 589 g/mol. The lowest BCUT2D eigenvalue weighted by atomic mass is 9.94. The molecular formula is C32H37ClN6O3. The number of allylic oxidation sites excluding steroid dienone is 1. The molecule has 3 N–H and O–H groups in total. The van der Waals surface area contributed by atoms with E-state index in [2.05, 4.69) is 39.3 Å². The number of benzene rings is 2. The largest absolute Gasteiger partial charge is 0.364 e. The second kappa shape index (κ2) is 12.8. The molecule has 3 aromatic rings. The van der Waals surface area contributed by atoms with Gasteiger partial charge < -0.3 is 25.4 Å². The monoisotopic (exact) mass is 588 g/mol. The van der Waals surface area contributed by atoms with E-state index in [0.29, 0.717) is 53.8 Å². The van der Waals surface area contributed by atoms with Gasteiger partial charge in [0.1, 0.15) is 23.3 Å². The Hall–Kier alpha value is -4.11. The van der Waals surface area contributed by atoms with E-state index >= 15 is 0 Å². The maximum absolute atomic E-state index is 13.4. The third-order valence-corrected chi connectivity index (χ3v) is 8.21. The molecular weight excluding hydrogens is 552 g/mol. The molecule has 42 heavy (non-hydrogen) atoms. The second-order valence-corrected chi connectivity index (χ2v) is 11.3. The Balaban J connectivity index is 1.33. The van der Waals surface area contributed by atoms with E-state index in [1.807, 2.05) is 44.2 Å². The molecule has 0 radical (unpaired) electrons. The number of amidine groups is 1. The number of nitrogens with zero attached hydrogens (tertiary/aromatic N) is 3. The van der Waals surface area contributed by atoms with Crippen LogP contribution in [0.3, 0.4) is 0 Å². The van der Waals surface area contributed by atoms with Crippen LogP contribution in [0.5, 0.6) is 0 Å². The minimum Gasteiger partial charge on any atom is -0.364 e. The lowest BCUT2D eigenvalue weighted by molar-refractivity contribution is -0.121. The number of hydrogen-bond donors (Lipinski definition) is 3. The molecule has 3 heterocycles. The SMILES string of the molecule is C/C=C(Cl)\C1=N/C(C)Nc2cccc(c2)CCc2cc(ccc2NC(=O)C2CCN(C(=O)c3c(C)noc3C)CC2)N1. The minimum atomic E-state index is -0.207. The summed E-state index contributed by atoms with van der Waals surface area (Å²) in [6, 6.07) is 14.2. The van der Waals surface area contributed by atoms with Gasteiger partial charge in [-0.05, 0) is 94.8 Å². The zero-order valence-corrected chi connectivity index (χ0v) is 25.2. The standard InChI is InChI=1S/C32H37ClN6O3/c1-5-27(33)30-35-21(4)34-25-8-6-7-22(17-25)9-10-24-18-26(36-30)11-12-28(24)37-31(40)23-13-15-39(16-14-23)32(41)29-19(2)38-42-20(29)3/h5-8,11-12,17-18,21,23,34H,9-10,13-16H2,1-4H3,(H,35,36)(H,37,40)/b27-5+. The zero-order valence-electron chi connectivity index (χ0n) is 24.5. The molecule has 0 spiro atoms. The van der Waals surface area contributed by atoms with Gasteiger partial charge in [0, 0.05) is 36.1 Å². The van der Waals surface area contributed by atoms with Crippen molar-refractivity contribution >= 4 is 46.3 Å². The number of carbonyl (C=O) groups is 2. The molecule has 1 atom stereocenters. The van der Waals surface area contributed by atoms with Crippen molar-refractivity contribution < 1.29 is 14.1 Å². The molecule has 4 bridgehead atoms. The predicted molar refractivity (Wildman–Crippen MR) is 167 cm³/mol. The summed E-state index contributed by atoms with van der Waals surface area (Å²) in [6.45, 7) is 8.38. The van der Waals surface area contributed by atoms with Crippen LogP contribution in [-0.4, -0.2) is 47.0 Å². The van der Waals surface area contributed by atoms with Crippen molar-refractivity contribution in [1.82, 2.24) is 10.1 Å². The van der Waals surface area contributed by atoms with Gasteiger partial charge in [-0.25, -0.2) is 4.99 Å². The number of aliphatic imine (C=N–C) groups is 1.